The van der Waals surface area contributed by atoms with Gasteiger partial charge in [-0.2, -0.15) is 26.3 Å². The van der Waals surface area contributed by atoms with Crippen molar-refractivity contribution in [3.8, 4) is 0 Å². The Bertz CT molecular complexity index is 802. The molecule has 6 nitrogen and oxygen atoms in total. The average Bonchev–Trinajstić information content (AvgIpc) is 2.66. The molecule has 0 spiro atoms. The van der Waals surface area contributed by atoms with Gasteiger partial charge >= 0.3 is 18.4 Å². The number of hydrogen-bond donors (Lipinski definition) is 1. The predicted molar refractivity (Wildman–Crippen MR) is 104 cm³/mol. The SMILES string of the molecule is O=C(O)N1CCN(Cc2cccc(Cl)c2N2CCOCC2)CC1C(C(F)(F)F)C(F)(F)F. The van der Waals surface area contributed by atoms with E-state index in [1.54, 1.807) is 18.2 Å². The smallest absolute Gasteiger partial charge is 0.407 e. The fourth-order valence-corrected chi connectivity index (χ4v) is 4.54. The van der Waals surface area contributed by atoms with Crippen molar-refractivity contribution in [2.24, 2.45) is 5.92 Å². The predicted octanol–water partition coefficient (Wildman–Crippen LogP) is 4.08. The van der Waals surface area contributed by atoms with Gasteiger partial charge in [-0.3, -0.25) is 4.90 Å². The van der Waals surface area contributed by atoms with Gasteiger partial charge in [0.05, 0.1) is 30.0 Å². The first-order valence-electron chi connectivity index (χ1n) is 9.85. The zero-order valence-electron chi connectivity index (χ0n) is 16.8. The normalized spacial score (nSPS) is 21.3. The number of para-hydroxylation sites is 1. The van der Waals surface area contributed by atoms with Gasteiger partial charge < -0.3 is 19.6 Å². The molecule has 0 saturated carbocycles. The van der Waals surface area contributed by atoms with E-state index in [4.69, 9.17) is 16.3 Å². The molecule has 32 heavy (non-hydrogen) atoms. The number of morpholine rings is 1. The minimum atomic E-state index is -5.64. The van der Waals surface area contributed by atoms with Crippen molar-refractivity contribution in [3.05, 3.63) is 28.8 Å². The maximum atomic E-state index is 13.4. The molecule has 2 fully saturated rings. The molecule has 0 aliphatic carbocycles. The summed E-state index contributed by atoms with van der Waals surface area (Å²) in [6, 6.07) is 2.71. The molecule has 1 N–H and O–H groups in total. The van der Waals surface area contributed by atoms with Gasteiger partial charge in [0.15, 0.2) is 5.92 Å². The second kappa shape index (κ2) is 9.52. The molecule has 2 aliphatic heterocycles. The first-order valence-corrected chi connectivity index (χ1v) is 10.2. The molecule has 3 rings (SSSR count). The van der Waals surface area contributed by atoms with Gasteiger partial charge in [-0.15, -0.1) is 0 Å². The highest BCUT2D eigenvalue weighted by atomic mass is 35.5. The van der Waals surface area contributed by atoms with Crippen molar-refractivity contribution in [3.63, 3.8) is 0 Å². The molecule has 1 unspecified atom stereocenters. The summed E-state index contributed by atoms with van der Waals surface area (Å²) in [6.45, 7) is 0.819. The topological polar surface area (TPSA) is 56.2 Å². The van der Waals surface area contributed by atoms with E-state index in [0.717, 1.165) is 0 Å². The van der Waals surface area contributed by atoms with Crippen LogP contribution >= 0.6 is 11.6 Å². The molecule has 0 bridgehead atoms. The lowest BCUT2D eigenvalue weighted by Crippen LogP contribution is -2.62. The Morgan fingerprint density at radius 2 is 1.72 bits per heavy atom. The molecule has 180 valence electrons. The summed E-state index contributed by atoms with van der Waals surface area (Å²) in [7, 11) is 0. The number of rotatable bonds is 4. The molecular weight excluding hydrogens is 468 g/mol. The Hall–Kier alpha value is -1.92. The molecule has 0 radical (unpaired) electrons. The molecule has 1 aromatic carbocycles. The summed E-state index contributed by atoms with van der Waals surface area (Å²) in [5.74, 6) is -3.79. The van der Waals surface area contributed by atoms with Gasteiger partial charge in [0.2, 0.25) is 0 Å². The first-order chi connectivity index (χ1) is 14.9. The van der Waals surface area contributed by atoms with Gasteiger partial charge in [0.25, 0.3) is 0 Å². The first kappa shape index (κ1) is 24.7. The molecule has 0 aromatic heterocycles. The number of piperazine rings is 1. The van der Waals surface area contributed by atoms with Gasteiger partial charge in [0.1, 0.15) is 0 Å². The highest BCUT2D eigenvalue weighted by Gasteiger charge is 2.62. The van der Waals surface area contributed by atoms with E-state index in [-0.39, 0.29) is 18.0 Å². The Morgan fingerprint density at radius 1 is 1.09 bits per heavy atom. The molecule has 2 heterocycles. The fourth-order valence-electron chi connectivity index (χ4n) is 4.23. The average molecular weight is 490 g/mol. The fraction of sp³-hybridized carbons (Fsp3) is 0.632. The molecule has 13 heteroatoms. The maximum Gasteiger partial charge on any atom is 0.407 e. The number of carbonyl (C=O) groups is 1. The number of ether oxygens (including phenoxy) is 1. The van der Waals surface area contributed by atoms with Crippen LogP contribution in [0.2, 0.25) is 5.02 Å². The van der Waals surface area contributed by atoms with Crippen molar-refractivity contribution >= 4 is 23.4 Å². The third-order valence-electron chi connectivity index (χ3n) is 5.63. The van der Waals surface area contributed by atoms with Crippen molar-refractivity contribution in [1.82, 2.24) is 9.80 Å². The lowest BCUT2D eigenvalue weighted by Gasteiger charge is -2.44. The van der Waals surface area contributed by atoms with Gasteiger partial charge in [-0.1, -0.05) is 23.7 Å². The lowest BCUT2D eigenvalue weighted by molar-refractivity contribution is -0.300. The van der Waals surface area contributed by atoms with Crippen LogP contribution in [0, 0.1) is 5.92 Å². The Kier molecular flexibility index (Phi) is 7.35. The zero-order chi connectivity index (χ0) is 23.7. The largest absolute Gasteiger partial charge is 0.465 e. The van der Waals surface area contributed by atoms with Crippen LogP contribution < -0.4 is 4.90 Å². The van der Waals surface area contributed by atoms with Crippen LogP contribution in [0.5, 0.6) is 0 Å². The quantitative estimate of drug-likeness (QED) is 0.646. The molecule has 2 aliphatic rings. The third kappa shape index (κ3) is 5.52. The molecule has 1 aromatic rings. The number of alkyl halides is 6. The molecular formula is C19H22ClF6N3O3. The minimum Gasteiger partial charge on any atom is -0.465 e. The van der Waals surface area contributed by atoms with Crippen LogP contribution in [0.15, 0.2) is 18.2 Å². The number of anilines is 1. The summed E-state index contributed by atoms with van der Waals surface area (Å²) in [5, 5.41) is 9.66. The number of nitrogens with zero attached hydrogens (tertiary/aromatic N) is 3. The maximum absolute atomic E-state index is 13.4. The zero-order valence-corrected chi connectivity index (χ0v) is 17.6. The van der Waals surface area contributed by atoms with Crippen molar-refractivity contribution in [2.75, 3.05) is 50.8 Å². The van der Waals surface area contributed by atoms with Gasteiger partial charge in [-0.25, -0.2) is 4.79 Å². The van der Waals surface area contributed by atoms with E-state index in [1.807, 2.05) is 4.90 Å². The van der Waals surface area contributed by atoms with E-state index in [0.29, 0.717) is 42.6 Å². The van der Waals surface area contributed by atoms with Crippen molar-refractivity contribution in [1.29, 1.82) is 0 Å². The number of carboxylic acid groups (broad SMARTS) is 1. The molecule has 1 amide bonds. The minimum absolute atomic E-state index is 0.0136. The Labute approximate surface area is 185 Å². The molecule has 1 atom stereocenters. The summed E-state index contributed by atoms with van der Waals surface area (Å²) < 4.78 is 85.5. The Balaban J connectivity index is 1.88. The summed E-state index contributed by atoms with van der Waals surface area (Å²) in [5.41, 5.74) is 1.29. The third-order valence-corrected chi connectivity index (χ3v) is 5.94. The van der Waals surface area contributed by atoms with Crippen LogP contribution in [-0.2, 0) is 11.3 Å². The molecule has 2 saturated heterocycles. The lowest BCUT2D eigenvalue weighted by atomic mass is 9.94. The number of hydrogen-bond acceptors (Lipinski definition) is 4. The standard InChI is InChI=1S/C19H22ClF6N3O3/c20-13-3-1-2-12(15(13)28-6-8-32-9-7-28)10-27-4-5-29(17(30)31)14(11-27)16(18(21,22)23)19(24,25)26/h1-3,14,16H,4-11H2,(H,30,31). The summed E-state index contributed by atoms with van der Waals surface area (Å²) in [4.78, 5) is 15.0. The monoisotopic (exact) mass is 489 g/mol. The van der Waals surface area contributed by atoms with Crippen LogP contribution in [0.25, 0.3) is 0 Å². The number of benzene rings is 1. The van der Waals surface area contributed by atoms with E-state index in [1.165, 1.54) is 4.90 Å². The van der Waals surface area contributed by atoms with E-state index < -0.39 is 43.5 Å². The summed E-state index contributed by atoms with van der Waals surface area (Å²) >= 11 is 6.36. The number of halogens is 7. The second-order valence-corrected chi connectivity index (χ2v) is 8.09. The van der Waals surface area contributed by atoms with Crippen LogP contribution in [-0.4, -0.2) is 85.3 Å². The van der Waals surface area contributed by atoms with Crippen molar-refractivity contribution in [2.45, 2.75) is 24.9 Å². The van der Waals surface area contributed by atoms with E-state index in [2.05, 4.69) is 0 Å². The highest BCUT2D eigenvalue weighted by Crippen LogP contribution is 2.44. The van der Waals surface area contributed by atoms with Gasteiger partial charge in [0, 0.05) is 39.3 Å². The van der Waals surface area contributed by atoms with E-state index in [9.17, 15) is 36.2 Å². The van der Waals surface area contributed by atoms with Crippen LogP contribution in [0.3, 0.4) is 0 Å². The van der Waals surface area contributed by atoms with E-state index >= 15 is 0 Å². The van der Waals surface area contributed by atoms with Crippen molar-refractivity contribution < 1.29 is 41.0 Å². The highest BCUT2D eigenvalue weighted by molar-refractivity contribution is 6.33. The summed E-state index contributed by atoms with van der Waals surface area (Å²) in [6.07, 6.45) is -13.1. The Morgan fingerprint density at radius 3 is 2.28 bits per heavy atom. The van der Waals surface area contributed by atoms with Gasteiger partial charge in [-0.05, 0) is 11.6 Å². The number of amides is 1. The van der Waals surface area contributed by atoms with Crippen LogP contribution in [0.1, 0.15) is 5.56 Å². The second-order valence-electron chi connectivity index (χ2n) is 7.69. The van der Waals surface area contributed by atoms with Crippen LogP contribution in [0.4, 0.5) is 36.8 Å².